The number of hydrogen-bond donors (Lipinski definition) is 1. The van der Waals surface area contributed by atoms with E-state index in [4.69, 9.17) is 10.5 Å². The summed E-state index contributed by atoms with van der Waals surface area (Å²) in [6, 6.07) is 3.98. The average molecular weight is 302 g/mol. The molecule has 0 atom stereocenters. The molecule has 2 heterocycles. The molecule has 120 valence electrons. The van der Waals surface area contributed by atoms with Gasteiger partial charge < -0.3 is 15.4 Å². The van der Waals surface area contributed by atoms with E-state index in [0.717, 1.165) is 37.4 Å². The number of aliphatic imine (C=N–C) groups is 1. The highest BCUT2D eigenvalue weighted by Gasteiger charge is 2.16. The van der Waals surface area contributed by atoms with Gasteiger partial charge in [0.05, 0.1) is 6.54 Å². The fourth-order valence-electron chi connectivity index (χ4n) is 3.15. The summed E-state index contributed by atoms with van der Waals surface area (Å²) in [5.74, 6) is 1.38. The Morgan fingerprint density at radius 3 is 2.64 bits per heavy atom. The predicted molar refractivity (Wildman–Crippen MR) is 87.9 cm³/mol. The van der Waals surface area contributed by atoms with Gasteiger partial charge >= 0.3 is 0 Å². The lowest BCUT2D eigenvalue weighted by molar-refractivity contribution is 0.201. The Morgan fingerprint density at radius 1 is 1.18 bits per heavy atom. The second-order valence-corrected chi connectivity index (χ2v) is 6.25. The van der Waals surface area contributed by atoms with Crippen molar-refractivity contribution in [1.82, 2.24) is 9.88 Å². The van der Waals surface area contributed by atoms with Crippen molar-refractivity contribution in [2.75, 3.05) is 13.1 Å². The largest absolute Gasteiger partial charge is 0.474 e. The van der Waals surface area contributed by atoms with Crippen molar-refractivity contribution < 1.29 is 4.74 Å². The van der Waals surface area contributed by atoms with Gasteiger partial charge in [0, 0.05) is 25.4 Å². The van der Waals surface area contributed by atoms with Gasteiger partial charge in [0.25, 0.3) is 0 Å². The van der Waals surface area contributed by atoms with Crippen molar-refractivity contribution >= 4 is 5.96 Å². The lowest BCUT2D eigenvalue weighted by Crippen LogP contribution is -2.40. The summed E-state index contributed by atoms with van der Waals surface area (Å²) < 4.78 is 5.87. The number of ether oxygens (including phenoxy) is 1. The number of aromatic nitrogens is 1. The molecule has 5 nitrogen and oxygen atoms in total. The third-order valence-electron chi connectivity index (χ3n) is 4.49. The Kier molecular flexibility index (Phi) is 5.14. The maximum absolute atomic E-state index is 6.07. The molecule has 1 aromatic heterocycles. The van der Waals surface area contributed by atoms with Crippen LogP contribution < -0.4 is 10.5 Å². The minimum absolute atomic E-state index is 0.353. The Hall–Kier alpha value is -1.78. The molecule has 3 rings (SSSR count). The first-order valence-electron chi connectivity index (χ1n) is 8.48. The molecule has 0 amide bonds. The number of guanidine groups is 1. The minimum atomic E-state index is 0.353. The van der Waals surface area contributed by atoms with Crippen molar-refractivity contribution in [2.24, 2.45) is 10.7 Å². The molecule has 1 saturated carbocycles. The average Bonchev–Trinajstić information content (AvgIpc) is 3.08. The summed E-state index contributed by atoms with van der Waals surface area (Å²) in [5, 5.41) is 0. The topological polar surface area (TPSA) is 63.7 Å². The van der Waals surface area contributed by atoms with E-state index in [1.807, 2.05) is 18.3 Å². The molecule has 0 unspecified atom stereocenters. The fourth-order valence-corrected chi connectivity index (χ4v) is 3.15. The van der Waals surface area contributed by atoms with Crippen molar-refractivity contribution in [3.63, 3.8) is 0 Å². The zero-order valence-corrected chi connectivity index (χ0v) is 13.2. The van der Waals surface area contributed by atoms with E-state index in [1.54, 1.807) is 0 Å². The van der Waals surface area contributed by atoms with Gasteiger partial charge in [-0.15, -0.1) is 0 Å². The number of likely N-dealkylation sites (tertiary alicyclic amines) is 1. The first-order valence-corrected chi connectivity index (χ1v) is 8.48. The van der Waals surface area contributed by atoms with E-state index >= 15 is 0 Å². The Bertz CT molecular complexity index is 488. The van der Waals surface area contributed by atoms with E-state index in [9.17, 15) is 0 Å². The smallest absolute Gasteiger partial charge is 0.213 e. The van der Waals surface area contributed by atoms with Crippen LogP contribution in [0.15, 0.2) is 23.3 Å². The van der Waals surface area contributed by atoms with Crippen LogP contribution in [0.4, 0.5) is 0 Å². The molecular weight excluding hydrogens is 276 g/mol. The maximum atomic E-state index is 6.07. The van der Waals surface area contributed by atoms with Gasteiger partial charge in [-0.2, -0.15) is 0 Å². The molecule has 0 aromatic carbocycles. The highest BCUT2D eigenvalue weighted by molar-refractivity contribution is 5.78. The summed E-state index contributed by atoms with van der Waals surface area (Å²) in [5.41, 5.74) is 7.13. The van der Waals surface area contributed by atoms with Crippen LogP contribution in [-0.4, -0.2) is 35.0 Å². The molecule has 5 heteroatoms. The van der Waals surface area contributed by atoms with Crippen LogP contribution in [0.5, 0.6) is 5.88 Å². The molecule has 2 fully saturated rings. The first kappa shape index (κ1) is 15.1. The second kappa shape index (κ2) is 7.47. The van der Waals surface area contributed by atoms with Gasteiger partial charge in [-0.3, -0.25) is 0 Å². The van der Waals surface area contributed by atoms with Gasteiger partial charge in [0.2, 0.25) is 5.88 Å². The van der Waals surface area contributed by atoms with E-state index in [2.05, 4.69) is 14.9 Å². The number of pyridine rings is 1. The zero-order valence-electron chi connectivity index (χ0n) is 13.2. The highest BCUT2D eigenvalue weighted by atomic mass is 16.5. The molecular formula is C17H26N4O. The number of rotatable bonds is 4. The zero-order chi connectivity index (χ0) is 15.2. The summed E-state index contributed by atoms with van der Waals surface area (Å²) in [7, 11) is 0. The van der Waals surface area contributed by atoms with Gasteiger partial charge in [-0.05, 0) is 50.5 Å². The van der Waals surface area contributed by atoms with Gasteiger partial charge in [0.15, 0.2) is 5.96 Å². The summed E-state index contributed by atoms with van der Waals surface area (Å²) in [6.45, 7) is 2.64. The monoisotopic (exact) mass is 302 g/mol. The van der Waals surface area contributed by atoms with E-state index in [0.29, 0.717) is 18.6 Å². The Labute approximate surface area is 132 Å². The normalized spacial score (nSPS) is 20.4. The third kappa shape index (κ3) is 4.12. The minimum Gasteiger partial charge on any atom is -0.474 e. The first-order chi connectivity index (χ1) is 10.8. The molecule has 1 saturated heterocycles. The second-order valence-electron chi connectivity index (χ2n) is 6.25. The number of hydrogen-bond acceptors (Lipinski definition) is 3. The molecule has 22 heavy (non-hydrogen) atoms. The van der Waals surface area contributed by atoms with Crippen molar-refractivity contribution in [3.8, 4) is 5.88 Å². The molecule has 1 aliphatic heterocycles. The lowest BCUT2D eigenvalue weighted by Gasteiger charge is -2.27. The van der Waals surface area contributed by atoms with Gasteiger partial charge in [0.1, 0.15) is 6.10 Å². The number of nitrogens with two attached hydrogens (primary N) is 1. The van der Waals surface area contributed by atoms with Crippen LogP contribution in [0.3, 0.4) is 0 Å². The molecule has 0 spiro atoms. The molecule has 2 aliphatic rings. The van der Waals surface area contributed by atoms with E-state index in [-0.39, 0.29) is 0 Å². The van der Waals surface area contributed by atoms with Crippen molar-refractivity contribution in [2.45, 2.75) is 57.6 Å². The van der Waals surface area contributed by atoms with Gasteiger partial charge in [-0.25, -0.2) is 9.98 Å². The standard InChI is InChI=1S/C17H26N4O/c18-17(21-10-4-1-5-11-21)20-13-14-8-9-16(19-12-14)22-15-6-2-3-7-15/h8-9,12,15H,1-7,10-11,13H2,(H2,18,20). The predicted octanol–water partition coefficient (Wildman–Crippen LogP) is 2.70. The van der Waals surface area contributed by atoms with Crippen LogP contribution in [0, 0.1) is 0 Å². The van der Waals surface area contributed by atoms with Crippen LogP contribution in [0.2, 0.25) is 0 Å². The summed E-state index contributed by atoms with van der Waals surface area (Å²) in [4.78, 5) is 11.1. The number of piperidine rings is 1. The van der Waals surface area contributed by atoms with Gasteiger partial charge in [-0.1, -0.05) is 6.07 Å². The molecule has 0 bridgehead atoms. The molecule has 2 N–H and O–H groups in total. The van der Waals surface area contributed by atoms with Crippen LogP contribution >= 0.6 is 0 Å². The lowest BCUT2D eigenvalue weighted by atomic mass is 10.1. The Morgan fingerprint density at radius 2 is 1.95 bits per heavy atom. The van der Waals surface area contributed by atoms with Crippen molar-refractivity contribution in [1.29, 1.82) is 0 Å². The summed E-state index contributed by atoms with van der Waals surface area (Å²) >= 11 is 0. The van der Waals surface area contributed by atoms with Crippen molar-refractivity contribution in [3.05, 3.63) is 23.9 Å². The fraction of sp³-hybridized carbons (Fsp3) is 0.647. The SMILES string of the molecule is NC(=NCc1ccc(OC2CCCC2)nc1)N1CCCCC1. The quantitative estimate of drug-likeness (QED) is 0.686. The van der Waals surface area contributed by atoms with E-state index in [1.165, 1.54) is 32.1 Å². The highest BCUT2D eigenvalue weighted by Crippen LogP contribution is 2.22. The molecule has 0 radical (unpaired) electrons. The van der Waals surface area contributed by atoms with Crippen LogP contribution in [0.1, 0.15) is 50.5 Å². The third-order valence-corrected chi connectivity index (χ3v) is 4.49. The van der Waals surface area contributed by atoms with Crippen LogP contribution in [-0.2, 0) is 6.54 Å². The Balaban J connectivity index is 1.51. The molecule has 1 aromatic rings. The maximum Gasteiger partial charge on any atom is 0.213 e. The number of nitrogens with zero attached hydrogens (tertiary/aromatic N) is 3. The summed E-state index contributed by atoms with van der Waals surface area (Å²) in [6.07, 6.45) is 10.8. The van der Waals surface area contributed by atoms with Crippen LogP contribution in [0.25, 0.3) is 0 Å². The molecule has 1 aliphatic carbocycles. The van der Waals surface area contributed by atoms with E-state index < -0.39 is 0 Å².